The van der Waals surface area contributed by atoms with Crippen molar-refractivity contribution in [3.8, 4) is 0 Å². The van der Waals surface area contributed by atoms with Crippen LogP contribution in [0.3, 0.4) is 0 Å². The molecule has 1 aliphatic heterocycles. The molecule has 1 aliphatic rings. The Hall–Kier alpha value is 0.390. The van der Waals surface area contributed by atoms with Gasteiger partial charge >= 0.3 is 0 Å². The maximum absolute atomic E-state index is 5.75. The van der Waals surface area contributed by atoms with Gasteiger partial charge in [0.2, 0.25) is 0 Å². The fourth-order valence-electron chi connectivity index (χ4n) is 1.67. The van der Waals surface area contributed by atoms with E-state index in [2.05, 4.69) is 62.8 Å². The van der Waals surface area contributed by atoms with Crippen LogP contribution in [0.25, 0.3) is 0 Å². The standard InChI is InChI=1S/C11H12BrIO/c12-9-3-1-8(2-4-9)11-7-10(13)5-6-14-11/h1-4,10-11H,5-7H2/t10-,11+/m0/s1. The highest BCUT2D eigenvalue weighted by atomic mass is 127. The third-order valence-electron chi connectivity index (χ3n) is 2.46. The van der Waals surface area contributed by atoms with Crippen LogP contribution in [0.4, 0.5) is 0 Å². The fourth-order valence-corrected chi connectivity index (χ4v) is 2.65. The summed E-state index contributed by atoms with van der Waals surface area (Å²) in [7, 11) is 0. The van der Waals surface area contributed by atoms with E-state index in [0.717, 1.165) is 21.4 Å². The maximum atomic E-state index is 5.75. The van der Waals surface area contributed by atoms with Crippen LogP contribution in [0, 0.1) is 0 Å². The first-order valence-corrected chi connectivity index (χ1v) is 6.80. The van der Waals surface area contributed by atoms with Crippen LogP contribution in [0.1, 0.15) is 24.5 Å². The second kappa shape index (κ2) is 4.94. The molecule has 1 heterocycles. The van der Waals surface area contributed by atoms with E-state index in [1.165, 1.54) is 12.0 Å². The van der Waals surface area contributed by atoms with Crippen LogP contribution in [0.15, 0.2) is 28.7 Å². The van der Waals surface area contributed by atoms with Crippen LogP contribution in [0.5, 0.6) is 0 Å². The molecule has 1 fully saturated rings. The van der Waals surface area contributed by atoms with Crippen molar-refractivity contribution in [1.29, 1.82) is 0 Å². The third kappa shape index (κ3) is 2.70. The molecule has 0 unspecified atom stereocenters. The summed E-state index contributed by atoms with van der Waals surface area (Å²) in [5.74, 6) is 0. The van der Waals surface area contributed by atoms with Crippen molar-refractivity contribution in [1.82, 2.24) is 0 Å². The minimum Gasteiger partial charge on any atom is -0.373 e. The van der Waals surface area contributed by atoms with Gasteiger partial charge in [0, 0.05) is 15.0 Å². The molecule has 0 aliphatic carbocycles. The molecule has 2 atom stereocenters. The highest BCUT2D eigenvalue weighted by Gasteiger charge is 2.21. The Kier molecular flexibility index (Phi) is 3.85. The lowest BCUT2D eigenvalue weighted by Crippen LogP contribution is -2.19. The number of hydrogen-bond donors (Lipinski definition) is 0. The van der Waals surface area contributed by atoms with Crippen LogP contribution in [0.2, 0.25) is 0 Å². The van der Waals surface area contributed by atoms with Crippen LogP contribution in [-0.4, -0.2) is 10.5 Å². The summed E-state index contributed by atoms with van der Waals surface area (Å²) in [5, 5.41) is 0. The van der Waals surface area contributed by atoms with Crippen molar-refractivity contribution in [2.75, 3.05) is 6.61 Å². The molecular formula is C11H12BrIO. The van der Waals surface area contributed by atoms with Crippen molar-refractivity contribution < 1.29 is 4.74 Å². The van der Waals surface area contributed by atoms with Gasteiger partial charge in [-0.3, -0.25) is 0 Å². The van der Waals surface area contributed by atoms with Crippen molar-refractivity contribution in [3.63, 3.8) is 0 Å². The van der Waals surface area contributed by atoms with Crippen molar-refractivity contribution >= 4 is 38.5 Å². The van der Waals surface area contributed by atoms with Gasteiger partial charge in [-0.2, -0.15) is 0 Å². The molecule has 2 rings (SSSR count). The van der Waals surface area contributed by atoms with Crippen LogP contribution in [-0.2, 0) is 4.74 Å². The molecule has 1 nitrogen and oxygen atoms in total. The zero-order valence-electron chi connectivity index (χ0n) is 7.75. The zero-order chi connectivity index (χ0) is 9.97. The van der Waals surface area contributed by atoms with Crippen LogP contribution < -0.4 is 0 Å². The van der Waals surface area contributed by atoms with Gasteiger partial charge in [0.25, 0.3) is 0 Å². The summed E-state index contributed by atoms with van der Waals surface area (Å²) in [6.07, 6.45) is 2.63. The van der Waals surface area contributed by atoms with E-state index in [4.69, 9.17) is 4.74 Å². The average Bonchev–Trinajstić information content (AvgIpc) is 2.19. The molecule has 3 heteroatoms. The van der Waals surface area contributed by atoms with E-state index >= 15 is 0 Å². The van der Waals surface area contributed by atoms with Crippen molar-refractivity contribution in [2.45, 2.75) is 22.9 Å². The van der Waals surface area contributed by atoms with E-state index in [1.807, 2.05) is 0 Å². The summed E-state index contributed by atoms with van der Waals surface area (Å²) in [4.78, 5) is 0. The van der Waals surface area contributed by atoms with Gasteiger partial charge in [-0.1, -0.05) is 50.7 Å². The van der Waals surface area contributed by atoms with E-state index in [0.29, 0.717) is 6.10 Å². The average molecular weight is 367 g/mol. The number of alkyl halides is 1. The van der Waals surface area contributed by atoms with E-state index in [-0.39, 0.29) is 0 Å². The molecule has 1 saturated heterocycles. The van der Waals surface area contributed by atoms with Gasteiger partial charge in [-0.15, -0.1) is 0 Å². The lowest BCUT2D eigenvalue weighted by molar-refractivity contribution is 0.0199. The minimum absolute atomic E-state index is 0.304. The highest BCUT2D eigenvalue weighted by molar-refractivity contribution is 14.1. The number of hydrogen-bond acceptors (Lipinski definition) is 1. The zero-order valence-corrected chi connectivity index (χ0v) is 11.5. The Morgan fingerprint density at radius 1 is 1.29 bits per heavy atom. The molecule has 0 spiro atoms. The SMILES string of the molecule is Brc1ccc([C@H]2C[C@@H](I)CCO2)cc1. The third-order valence-corrected chi connectivity index (χ3v) is 4.12. The predicted octanol–water partition coefficient (Wildman–Crippen LogP) is 4.10. The summed E-state index contributed by atoms with van der Waals surface area (Å²) in [6, 6.07) is 8.44. The Morgan fingerprint density at radius 2 is 2.00 bits per heavy atom. The number of benzene rings is 1. The molecule has 0 bridgehead atoms. The Labute approximate surface area is 106 Å². The Bertz CT molecular complexity index is 299. The number of ether oxygens (including phenoxy) is 1. The number of halogens is 2. The first-order valence-electron chi connectivity index (χ1n) is 4.77. The Morgan fingerprint density at radius 3 is 2.64 bits per heavy atom. The lowest BCUT2D eigenvalue weighted by Gasteiger charge is -2.26. The highest BCUT2D eigenvalue weighted by Crippen LogP contribution is 2.32. The van der Waals surface area contributed by atoms with Gasteiger partial charge in [0.05, 0.1) is 6.10 Å². The second-order valence-corrected chi connectivity index (χ2v) is 6.21. The molecule has 0 aromatic heterocycles. The fraction of sp³-hybridized carbons (Fsp3) is 0.455. The maximum Gasteiger partial charge on any atom is 0.0834 e. The monoisotopic (exact) mass is 366 g/mol. The van der Waals surface area contributed by atoms with Gasteiger partial charge in [0.15, 0.2) is 0 Å². The molecule has 1 aromatic rings. The van der Waals surface area contributed by atoms with Gasteiger partial charge < -0.3 is 4.74 Å². The molecule has 0 N–H and O–H groups in total. The topological polar surface area (TPSA) is 9.23 Å². The smallest absolute Gasteiger partial charge is 0.0834 e. The quantitative estimate of drug-likeness (QED) is 0.537. The second-order valence-electron chi connectivity index (χ2n) is 3.53. The number of rotatable bonds is 1. The lowest BCUT2D eigenvalue weighted by atomic mass is 10.0. The molecule has 14 heavy (non-hydrogen) atoms. The van der Waals surface area contributed by atoms with E-state index < -0.39 is 0 Å². The first kappa shape index (κ1) is 10.9. The summed E-state index contributed by atoms with van der Waals surface area (Å²) in [6.45, 7) is 0.897. The molecule has 76 valence electrons. The molecule has 1 aromatic carbocycles. The minimum atomic E-state index is 0.304. The molecular weight excluding hydrogens is 355 g/mol. The summed E-state index contributed by atoms with van der Waals surface area (Å²) >= 11 is 5.96. The van der Waals surface area contributed by atoms with Crippen molar-refractivity contribution in [3.05, 3.63) is 34.3 Å². The summed E-state index contributed by atoms with van der Waals surface area (Å²) < 4.78 is 7.64. The van der Waals surface area contributed by atoms with Crippen molar-refractivity contribution in [2.24, 2.45) is 0 Å². The molecule has 0 saturated carbocycles. The van der Waals surface area contributed by atoms with Gasteiger partial charge in [-0.25, -0.2) is 0 Å². The molecule has 0 amide bonds. The first-order chi connectivity index (χ1) is 6.75. The van der Waals surface area contributed by atoms with Crippen LogP contribution >= 0.6 is 38.5 Å². The Balaban J connectivity index is 2.10. The van der Waals surface area contributed by atoms with E-state index in [1.54, 1.807) is 0 Å². The largest absolute Gasteiger partial charge is 0.373 e. The van der Waals surface area contributed by atoms with Gasteiger partial charge in [-0.05, 0) is 30.5 Å². The molecule has 0 radical (unpaired) electrons. The van der Waals surface area contributed by atoms with E-state index in [9.17, 15) is 0 Å². The normalized spacial score (nSPS) is 27.6. The summed E-state index contributed by atoms with van der Waals surface area (Å²) in [5.41, 5.74) is 1.30. The van der Waals surface area contributed by atoms with Gasteiger partial charge in [0.1, 0.15) is 0 Å². The predicted molar refractivity (Wildman–Crippen MR) is 69.9 cm³/mol.